The second kappa shape index (κ2) is 4.04. The predicted octanol–water partition coefficient (Wildman–Crippen LogP) is 3.22. The molecule has 7 heteroatoms. The van der Waals surface area contributed by atoms with Gasteiger partial charge in [0.1, 0.15) is 17.5 Å². The summed E-state index contributed by atoms with van der Waals surface area (Å²) in [5.74, 6) is 0. The van der Waals surface area contributed by atoms with Gasteiger partial charge in [-0.1, -0.05) is 0 Å². The molecule has 2 nitrogen and oxygen atoms in total. The van der Waals surface area contributed by atoms with E-state index in [9.17, 15) is 22.0 Å². The van der Waals surface area contributed by atoms with Crippen LogP contribution in [0.25, 0.3) is 0 Å². The van der Waals surface area contributed by atoms with Crippen molar-refractivity contribution in [3.05, 3.63) is 28.6 Å². The van der Waals surface area contributed by atoms with Gasteiger partial charge in [0.05, 0.1) is 5.56 Å². The van der Waals surface area contributed by atoms with Crippen LogP contribution in [0, 0.1) is 18.3 Å². The smallest absolute Gasteiger partial charge is 0.241 e. The van der Waals surface area contributed by atoms with Crippen molar-refractivity contribution in [2.75, 3.05) is 0 Å². The van der Waals surface area contributed by atoms with Crippen molar-refractivity contribution < 1.29 is 22.0 Å². The molecule has 1 aromatic rings. The Hall–Kier alpha value is -1.71. The van der Waals surface area contributed by atoms with E-state index in [1.165, 1.54) is 6.07 Å². The molecule has 1 rings (SSSR count). The molecular weight excluding hydrogens is 231 g/mol. The number of rotatable bonds is 1. The molecule has 0 spiro atoms. The van der Waals surface area contributed by atoms with Crippen LogP contribution in [0.2, 0.25) is 0 Å². The van der Waals surface area contributed by atoms with E-state index >= 15 is 0 Å². The molecule has 1 heterocycles. The molecule has 0 saturated heterocycles. The van der Waals surface area contributed by atoms with E-state index in [0.29, 0.717) is 0 Å². The topological polar surface area (TPSA) is 36.7 Å². The van der Waals surface area contributed by atoms with Gasteiger partial charge in [0.25, 0.3) is 6.43 Å². The van der Waals surface area contributed by atoms with Crippen molar-refractivity contribution in [2.24, 2.45) is 0 Å². The second-order valence-corrected chi connectivity index (χ2v) is 3.00. The maximum Gasteiger partial charge on any atom is 0.433 e. The molecule has 0 atom stereocenters. The van der Waals surface area contributed by atoms with E-state index in [0.717, 1.165) is 13.0 Å². The highest BCUT2D eigenvalue weighted by Crippen LogP contribution is 2.33. The van der Waals surface area contributed by atoms with Crippen LogP contribution in [0.1, 0.15) is 28.9 Å². The zero-order valence-electron chi connectivity index (χ0n) is 7.94. The van der Waals surface area contributed by atoms with Gasteiger partial charge < -0.3 is 0 Å². The summed E-state index contributed by atoms with van der Waals surface area (Å²) in [5, 5.41) is 8.48. The second-order valence-electron chi connectivity index (χ2n) is 3.00. The van der Waals surface area contributed by atoms with Gasteiger partial charge in [-0.15, -0.1) is 0 Å². The Bertz CT molecular complexity index is 444. The molecule has 0 fully saturated rings. The van der Waals surface area contributed by atoms with Crippen LogP contribution in [-0.4, -0.2) is 4.98 Å². The Morgan fingerprint density at radius 1 is 1.38 bits per heavy atom. The number of hydrogen-bond donors (Lipinski definition) is 0. The largest absolute Gasteiger partial charge is 0.433 e. The van der Waals surface area contributed by atoms with Crippen molar-refractivity contribution in [1.29, 1.82) is 5.26 Å². The monoisotopic (exact) mass is 236 g/mol. The fourth-order valence-corrected chi connectivity index (χ4v) is 1.17. The van der Waals surface area contributed by atoms with Gasteiger partial charge in [0.2, 0.25) is 0 Å². The molecule has 0 N–H and O–H groups in total. The van der Waals surface area contributed by atoms with E-state index < -0.39 is 29.6 Å². The maximum atomic E-state index is 12.3. The number of pyridine rings is 1. The molecule has 0 saturated carbocycles. The lowest BCUT2D eigenvalue weighted by atomic mass is 10.1. The highest BCUT2D eigenvalue weighted by Gasteiger charge is 2.36. The maximum absolute atomic E-state index is 12.3. The first-order valence-electron chi connectivity index (χ1n) is 4.04. The number of aryl methyl sites for hydroxylation is 1. The number of halogens is 5. The minimum atomic E-state index is -4.80. The van der Waals surface area contributed by atoms with Crippen molar-refractivity contribution in [3.8, 4) is 6.07 Å². The summed E-state index contributed by atoms with van der Waals surface area (Å²) >= 11 is 0. The van der Waals surface area contributed by atoms with Crippen LogP contribution in [0.15, 0.2) is 6.07 Å². The van der Waals surface area contributed by atoms with Crippen molar-refractivity contribution in [1.82, 2.24) is 4.98 Å². The minimum absolute atomic E-state index is 0.353. The Morgan fingerprint density at radius 3 is 2.31 bits per heavy atom. The SMILES string of the molecule is Cc1cc(C#N)c(C(F)F)nc1C(F)(F)F. The van der Waals surface area contributed by atoms with Crippen molar-refractivity contribution in [2.45, 2.75) is 19.5 Å². The van der Waals surface area contributed by atoms with Crippen LogP contribution in [0.3, 0.4) is 0 Å². The van der Waals surface area contributed by atoms with Crippen molar-refractivity contribution in [3.63, 3.8) is 0 Å². The third-order valence-corrected chi connectivity index (χ3v) is 1.84. The van der Waals surface area contributed by atoms with Crippen LogP contribution in [-0.2, 0) is 6.18 Å². The zero-order valence-corrected chi connectivity index (χ0v) is 7.94. The van der Waals surface area contributed by atoms with Crippen LogP contribution < -0.4 is 0 Å². The molecule has 86 valence electrons. The predicted molar refractivity (Wildman–Crippen MR) is 43.6 cm³/mol. The number of aromatic nitrogens is 1. The quantitative estimate of drug-likeness (QED) is 0.702. The summed E-state index contributed by atoms with van der Waals surface area (Å²) in [6, 6.07) is 2.15. The van der Waals surface area contributed by atoms with Crippen LogP contribution in [0.5, 0.6) is 0 Å². The van der Waals surface area contributed by atoms with Gasteiger partial charge in [-0.3, -0.25) is 0 Å². The fraction of sp³-hybridized carbons (Fsp3) is 0.333. The summed E-state index contributed by atoms with van der Waals surface area (Å²) in [6.07, 6.45) is -8.02. The van der Waals surface area contributed by atoms with Gasteiger partial charge in [0, 0.05) is 0 Å². The molecular formula is C9H5F5N2. The lowest BCUT2D eigenvalue weighted by Gasteiger charge is -2.11. The van der Waals surface area contributed by atoms with Gasteiger partial charge in [-0.05, 0) is 18.6 Å². The number of nitrogens with zero attached hydrogens (tertiary/aromatic N) is 2. The molecule has 1 aromatic heterocycles. The molecule has 0 aliphatic carbocycles. The molecule has 16 heavy (non-hydrogen) atoms. The van der Waals surface area contributed by atoms with E-state index in [2.05, 4.69) is 4.98 Å². The summed E-state index contributed by atoms with van der Waals surface area (Å²) in [4.78, 5) is 2.82. The molecule has 0 aliphatic rings. The van der Waals surface area contributed by atoms with E-state index in [1.54, 1.807) is 0 Å². The average Bonchev–Trinajstić information content (AvgIpc) is 2.14. The summed E-state index contributed by atoms with van der Waals surface area (Å²) in [5.41, 5.74) is -3.42. The Labute approximate surface area is 87.3 Å². The van der Waals surface area contributed by atoms with E-state index in [4.69, 9.17) is 5.26 Å². The Kier molecular flexibility index (Phi) is 3.12. The number of hydrogen-bond acceptors (Lipinski definition) is 2. The van der Waals surface area contributed by atoms with Crippen molar-refractivity contribution >= 4 is 0 Å². The van der Waals surface area contributed by atoms with Gasteiger partial charge in [0.15, 0.2) is 0 Å². The first kappa shape index (κ1) is 12.4. The molecule has 0 amide bonds. The summed E-state index contributed by atoms with van der Waals surface area (Å²) in [6.45, 7) is 1.06. The third-order valence-electron chi connectivity index (χ3n) is 1.84. The normalized spacial score (nSPS) is 11.6. The lowest BCUT2D eigenvalue weighted by molar-refractivity contribution is -0.141. The number of alkyl halides is 5. The highest BCUT2D eigenvalue weighted by atomic mass is 19.4. The zero-order chi connectivity index (χ0) is 12.5. The molecule has 0 aromatic carbocycles. The lowest BCUT2D eigenvalue weighted by Crippen LogP contribution is -2.13. The number of nitriles is 1. The van der Waals surface area contributed by atoms with Gasteiger partial charge in [-0.25, -0.2) is 13.8 Å². The van der Waals surface area contributed by atoms with E-state index in [1.807, 2.05) is 0 Å². The summed E-state index contributed by atoms with van der Waals surface area (Å²) in [7, 11) is 0. The standard InChI is InChI=1S/C9H5F5N2/c1-4-2-5(3-15)6(8(10)11)16-7(4)9(12,13)14/h2,8H,1H3. The molecule has 0 unspecified atom stereocenters. The molecule has 0 bridgehead atoms. The van der Waals surface area contributed by atoms with Crippen LogP contribution >= 0.6 is 0 Å². The minimum Gasteiger partial charge on any atom is -0.241 e. The van der Waals surface area contributed by atoms with E-state index in [-0.39, 0.29) is 5.56 Å². The molecule has 0 radical (unpaired) electrons. The fourth-order valence-electron chi connectivity index (χ4n) is 1.17. The van der Waals surface area contributed by atoms with Gasteiger partial charge >= 0.3 is 6.18 Å². The molecule has 0 aliphatic heterocycles. The first-order valence-corrected chi connectivity index (χ1v) is 4.04. The van der Waals surface area contributed by atoms with Crippen LogP contribution in [0.4, 0.5) is 22.0 Å². The highest BCUT2D eigenvalue weighted by molar-refractivity contribution is 5.39. The third kappa shape index (κ3) is 2.27. The summed E-state index contributed by atoms with van der Waals surface area (Å²) < 4.78 is 61.7. The first-order chi connectivity index (χ1) is 7.27. The Morgan fingerprint density at radius 2 is 1.94 bits per heavy atom. The average molecular weight is 236 g/mol. The Balaban J connectivity index is 3.47. The van der Waals surface area contributed by atoms with Gasteiger partial charge in [-0.2, -0.15) is 18.4 Å².